The van der Waals surface area contributed by atoms with Crippen LogP contribution >= 0.6 is 0 Å². The maximum Gasteiger partial charge on any atom is 0.338 e. The summed E-state index contributed by atoms with van der Waals surface area (Å²) in [4.78, 5) is 26.0. The minimum Gasteiger partial charge on any atom is -0.453 e. The molecule has 2 aromatic rings. The van der Waals surface area contributed by atoms with Crippen molar-refractivity contribution in [1.82, 2.24) is 5.32 Å². The number of carbonyl (C=O) groups is 2. The van der Waals surface area contributed by atoms with Crippen molar-refractivity contribution in [3.63, 3.8) is 0 Å². The Bertz CT molecular complexity index is 1010. The van der Waals surface area contributed by atoms with E-state index in [1.54, 1.807) is 42.5 Å². The van der Waals surface area contributed by atoms with Crippen LogP contribution in [0.25, 0.3) is 0 Å². The summed E-state index contributed by atoms with van der Waals surface area (Å²) in [6, 6.07) is 17.2. The van der Waals surface area contributed by atoms with Crippen LogP contribution in [0.3, 0.4) is 0 Å². The second-order valence-electron chi connectivity index (χ2n) is 8.95. The molecule has 3 rings (SSSR count). The molecule has 2 aromatic carbocycles. The molecule has 0 bridgehead atoms. The van der Waals surface area contributed by atoms with Crippen LogP contribution < -0.4 is 5.32 Å². The summed E-state index contributed by atoms with van der Waals surface area (Å²) < 4.78 is 24.3. The van der Waals surface area contributed by atoms with Crippen molar-refractivity contribution in [3.05, 3.63) is 97.1 Å². The quantitative estimate of drug-likeness (QED) is 0.207. The van der Waals surface area contributed by atoms with Gasteiger partial charge in [0.1, 0.15) is 18.2 Å². The van der Waals surface area contributed by atoms with E-state index in [1.807, 2.05) is 30.3 Å². The molecule has 1 aliphatic rings. The van der Waals surface area contributed by atoms with Gasteiger partial charge in [-0.2, -0.15) is 0 Å². The van der Waals surface area contributed by atoms with Crippen LogP contribution in [0, 0.1) is 0 Å². The van der Waals surface area contributed by atoms with Gasteiger partial charge in [0.05, 0.1) is 25.4 Å². The molecule has 38 heavy (non-hydrogen) atoms. The Labute approximate surface area is 224 Å². The molecule has 0 unspecified atom stereocenters. The first-order valence-electron chi connectivity index (χ1n) is 12.9. The number of aliphatic hydroxyl groups excluding tert-OH is 1. The largest absolute Gasteiger partial charge is 0.453 e. The van der Waals surface area contributed by atoms with Crippen molar-refractivity contribution in [2.75, 3.05) is 13.2 Å². The van der Waals surface area contributed by atoms with E-state index in [9.17, 15) is 14.7 Å². The standard InChI is InChI=1S/C30H37NO7/c1-3-5-13-19-35-30-26(31-25(33)18-6-4-2)28(38-29(34)23-16-11-8-12-17-23)27(24(20-32)37-30)36-21-22-14-9-7-10-15-22/h3-4,7-12,14-17,24,26-28,30,32H,1-2,5-6,13,18-21H2,(H,31,33)/t24-,26-,27-,28-,30-/m1/s1. The van der Waals surface area contributed by atoms with E-state index in [2.05, 4.69) is 18.5 Å². The number of unbranched alkanes of at least 4 members (excludes halogenated alkanes) is 1. The number of allylic oxidation sites excluding steroid dienone is 2. The Hall–Kier alpha value is -3.30. The number of hydrogen-bond acceptors (Lipinski definition) is 7. The van der Waals surface area contributed by atoms with Gasteiger partial charge >= 0.3 is 5.97 Å². The van der Waals surface area contributed by atoms with Crippen molar-refractivity contribution in [3.8, 4) is 0 Å². The van der Waals surface area contributed by atoms with Gasteiger partial charge < -0.3 is 29.4 Å². The molecule has 0 aromatic heterocycles. The highest BCUT2D eigenvalue weighted by molar-refractivity contribution is 5.89. The van der Waals surface area contributed by atoms with Gasteiger partial charge in [-0.25, -0.2) is 4.79 Å². The molecule has 5 atom stereocenters. The van der Waals surface area contributed by atoms with Gasteiger partial charge in [0.2, 0.25) is 5.91 Å². The monoisotopic (exact) mass is 523 g/mol. The highest BCUT2D eigenvalue weighted by Gasteiger charge is 2.50. The number of ether oxygens (including phenoxy) is 4. The number of esters is 1. The average Bonchev–Trinajstić information content (AvgIpc) is 2.95. The number of amides is 1. The molecular weight excluding hydrogens is 486 g/mol. The van der Waals surface area contributed by atoms with Crippen LogP contribution in [0.1, 0.15) is 41.6 Å². The summed E-state index contributed by atoms with van der Waals surface area (Å²) in [5.74, 6) is -0.860. The van der Waals surface area contributed by atoms with Crippen molar-refractivity contribution in [2.45, 2.75) is 62.9 Å². The molecule has 0 aliphatic carbocycles. The number of nitrogens with one attached hydrogen (secondary N) is 1. The number of aliphatic hydroxyl groups is 1. The van der Waals surface area contributed by atoms with E-state index in [1.165, 1.54) is 0 Å². The maximum absolute atomic E-state index is 13.2. The summed E-state index contributed by atoms with van der Waals surface area (Å²) in [5, 5.41) is 13.2. The molecular formula is C30H37NO7. The molecule has 204 valence electrons. The predicted molar refractivity (Wildman–Crippen MR) is 143 cm³/mol. The van der Waals surface area contributed by atoms with Crippen LogP contribution in [0.4, 0.5) is 0 Å². The van der Waals surface area contributed by atoms with E-state index >= 15 is 0 Å². The van der Waals surface area contributed by atoms with Gasteiger partial charge in [-0.15, -0.1) is 13.2 Å². The Balaban J connectivity index is 1.91. The van der Waals surface area contributed by atoms with Crippen molar-refractivity contribution < 1.29 is 33.6 Å². The molecule has 1 saturated heterocycles. The summed E-state index contributed by atoms with van der Waals surface area (Å²) in [5.41, 5.74) is 1.24. The first kappa shape index (κ1) is 29.3. The fourth-order valence-corrected chi connectivity index (χ4v) is 4.14. The van der Waals surface area contributed by atoms with Crippen molar-refractivity contribution >= 4 is 11.9 Å². The molecule has 8 heteroatoms. The molecule has 1 amide bonds. The second kappa shape index (κ2) is 15.8. The number of carbonyl (C=O) groups excluding carboxylic acids is 2. The zero-order valence-electron chi connectivity index (χ0n) is 21.6. The number of benzene rings is 2. The number of rotatable bonds is 15. The van der Waals surface area contributed by atoms with Crippen molar-refractivity contribution in [2.24, 2.45) is 0 Å². The van der Waals surface area contributed by atoms with E-state index in [0.29, 0.717) is 25.0 Å². The first-order valence-corrected chi connectivity index (χ1v) is 12.9. The Kier molecular flexibility index (Phi) is 12.2. The summed E-state index contributed by atoms with van der Waals surface area (Å²) in [6.45, 7) is 7.50. The lowest BCUT2D eigenvalue weighted by Crippen LogP contribution is -2.66. The average molecular weight is 524 g/mol. The minimum atomic E-state index is -1.01. The summed E-state index contributed by atoms with van der Waals surface area (Å²) >= 11 is 0. The minimum absolute atomic E-state index is 0.187. The normalized spacial score (nSPS) is 22.8. The molecule has 1 heterocycles. The van der Waals surface area contributed by atoms with E-state index in [-0.39, 0.29) is 18.9 Å². The molecule has 0 spiro atoms. The predicted octanol–water partition coefficient (Wildman–Crippen LogP) is 3.95. The van der Waals surface area contributed by atoms with Gasteiger partial charge in [-0.1, -0.05) is 60.7 Å². The van der Waals surface area contributed by atoms with E-state index in [0.717, 1.165) is 12.0 Å². The molecule has 0 saturated carbocycles. The smallest absolute Gasteiger partial charge is 0.338 e. The van der Waals surface area contributed by atoms with Crippen LogP contribution in [-0.4, -0.2) is 60.8 Å². The third-order valence-corrected chi connectivity index (χ3v) is 6.10. The molecule has 8 nitrogen and oxygen atoms in total. The van der Waals surface area contributed by atoms with Gasteiger partial charge in [-0.3, -0.25) is 4.79 Å². The van der Waals surface area contributed by atoms with Gasteiger partial charge in [0, 0.05) is 6.42 Å². The lowest BCUT2D eigenvalue weighted by molar-refractivity contribution is -0.279. The number of hydrogen-bond donors (Lipinski definition) is 2. The van der Waals surface area contributed by atoms with Crippen molar-refractivity contribution in [1.29, 1.82) is 0 Å². The fraction of sp³-hybridized carbons (Fsp3) is 0.400. The Morgan fingerprint density at radius 1 is 0.947 bits per heavy atom. The fourth-order valence-electron chi connectivity index (χ4n) is 4.14. The Morgan fingerprint density at radius 2 is 1.63 bits per heavy atom. The Morgan fingerprint density at radius 3 is 2.29 bits per heavy atom. The molecule has 0 radical (unpaired) electrons. The molecule has 1 fully saturated rings. The van der Waals surface area contributed by atoms with Gasteiger partial charge in [0.15, 0.2) is 12.4 Å². The lowest BCUT2D eigenvalue weighted by Gasteiger charge is -2.45. The summed E-state index contributed by atoms with van der Waals surface area (Å²) in [7, 11) is 0. The second-order valence-corrected chi connectivity index (χ2v) is 8.95. The topological polar surface area (TPSA) is 103 Å². The third-order valence-electron chi connectivity index (χ3n) is 6.10. The molecule has 1 aliphatic heterocycles. The van der Waals surface area contributed by atoms with E-state index in [4.69, 9.17) is 18.9 Å². The van der Waals surface area contributed by atoms with Gasteiger partial charge in [0.25, 0.3) is 0 Å². The highest BCUT2D eigenvalue weighted by atomic mass is 16.7. The lowest BCUT2D eigenvalue weighted by atomic mass is 9.95. The maximum atomic E-state index is 13.2. The van der Waals surface area contributed by atoms with Crippen LogP contribution in [0.2, 0.25) is 0 Å². The first-order chi connectivity index (χ1) is 18.6. The zero-order valence-corrected chi connectivity index (χ0v) is 21.6. The third kappa shape index (κ3) is 8.63. The van der Waals surface area contributed by atoms with Crippen LogP contribution in [0.5, 0.6) is 0 Å². The van der Waals surface area contributed by atoms with Gasteiger partial charge in [-0.05, 0) is 37.0 Å². The SMILES string of the molecule is C=CCCCO[C@@H]1O[C@H](CO)[C@@H](OCc2ccccc2)[C@H](OC(=O)c2ccccc2)[C@H]1NC(=O)CCC=C. The highest BCUT2D eigenvalue weighted by Crippen LogP contribution is 2.29. The van der Waals surface area contributed by atoms with E-state index < -0.39 is 43.2 Å². The van der Waals surface area contributed by atoms with Crippen LogP contribution in [-0.2, 0) is 30.3 Å². The van der Waals surface area contributed by atoms with Crippen LogP contribution in [0.15, 0.2) is 86.0 Å². The summed E-state index contributed by atoms with van der Waals surface area (Å²) in [6.07, 6.45) is 1.81. The molecule has 2 N–H and O–H groups in total. The zero-order chi connectivity index (χ0) is 27.2.